The number of benzene rings is 1. The van der Waals surface area contributed by atoms with Crippen molar-refractivity contribution in [3.8, 4) is 5.75 Å². The lowest BCUT2D eigenvalue weighted by molar-refractivity contribution is -0.138. The number of amides is 1. The number of ether oxygens (including phenoxy) is 1. The molecule has 1 aromatic carbocycles. The van der Waals surface area contributed by atoms with Crippen LogP contribution in [0.25, 0.3) is 0 Å². The van der Waals surface area contributed by atoms with Crippen LogP contribution in [0, 0.1) is 0 Å². The first-order chi connectivity index (χ1) is 7.99. The quantitative estimate of drug-likeness (QED) is 0.819. The van der Waals surface area contributed by atoms with E-state index in [1.54, 1.807) is 31.2 Å². The highest BCUT2D eigenvalue weighted by molar-refractivity contribution is 5.90. The van der Waals surface area contributed by atoms with E-state index in [9.17, 15) is 9.59 Å². The number of carbonyl (C=O) groups is 2. The van der Waals surface area contributed by atoms with Crippen molar-refractivity contribution < 1.29 is 19.4 Å². The molecule has 0 heterocycles. The third-order valence-electron chi connectivity index (χ3n) is 1.99. The molecular weight excluding hydrogens is 222 g/mol. The van der Waals surface area contributed by atoms with Gasteiger partial charge in [-0.2, -0.15) is 0 Å². The van der Waals surface area contributed by atoms with Crippen molar-refractivity contribution in [2.24, 2.45) is 0 Å². The molecule has 0 radical (unpaired) electrons. The van der Waals surface area contributed by atoms with Gasteiger partial charge in [-0.3, -0.25) is 9.59 Å². The van der Waals surface area contributed by atoms with Crippen LogP contribution >= 0.6 is 0 Å². The van der Waals surface area contributed by atoms with Crippen LogP contribution in [-0.2, 0) is 9.59 Å². The standard InChI is InChI=1S/C12H15NO4/c1-8(7-12(15)16)17-11-6-4-3-5-10(11)13-9(2)14/h3-6,8H,7H2,1-2H3,(H,13,14)(H,15,16)/t8-/m0/s1. The summed E-state index contributed by atoms with van der Waals surface area (Å²) in [4.78, 5) is 21.5. The minimum absolute atomic E-state index is 0.0889. The van der Waals surface area contributed by atoms with Gasteiger partial charge in [-0.15, -0.1) is 0 Å². The van der Waals surface area contributed by atoms with E-state index in [0.29, 0.717) is 11.4 Å². The SMILES string of the molecule is CC(=O)Nc1ccccc1O[C@@H](C)CC(=O)O. The summed E-state index contributed by atoms with van der Waals surface area (Å²) in [5, 5.41) is 11.2. The number of rotatable bonds is 5. The van der Waals surface area contributed by atoms with Crippen LogP contribution in [0.2, 0.25) is 0 Å². The van der Waals surface area contributed by atoms with Crippen LogP contribution in [0.5, 0.6) is 5.75 Å². The molecule has 17 heavy (non-hydrogen) atoms. The van der Waals surface area contributed by atoms with Crippen LogP contribution in [-0.4, -0.2) is 23.1 Å². The molecule has 1 aromatic rings. The topological polar surface area (TPSA) is 75.6 Å². The van der Waals surface area contributed by atoms with Gasteiger partial charge in [0.05, 0.1) is 12.1 Å². The molecule has 0 saturated carbocycles. The smallest absolute Gasteiger partial charge is 0.307 e. The normalized spacial score (nSPS) is 11.6. The number of aliphatic carboxylic acids is 1. The number of carboxylic acid groups (broad SMARTS) is 1. The second-order valence-electron chi connectivity index (χ2n) is 3.70. The Bertz CT molecular complexity index is 417. The molecule has 0 unspecified atom stereocenters. The van der Waals surface area contributed by atoms with Crippen molar-refractivity contribution in [1.82, 2.24) is 0 Å². The third kappa shape index (κ3) is 4.55. The first kappa shape index (κ1) is 13.0. The minimum atomic E-state index is -0.922. The lowest BCUT2D eigenvalue weighted by Gasteiger charge is -2.15. The number of para-hydroxylation sites is 2. The van der Waals surface area contributed by atoms with E-state index in [2.05, 4.69) is 5.32 Å². The van der Waals surface area contributed by atoms with E-state index in [0.717, 1.165) is 0 Å². The Hall–Kier alpha value is -2.04. The molecule has 1 amide bonds. The maximum atomic E-state index is 11.0. The summed E-state index contributed by atoms with van der Waals surface area (Å²) in [5.41, 5.74) is 0.539. The van der Waals surface area contributed by atoms with Gasteiger partial charge >= 0.3 is 5.97 Å². The fraction of sp³-hybridized carbons (Fsp3) is 0.333. The zero-order valence-electron chi connectivity index (χ0n) is 9.77. The van der Waals surface area contributed by atoms with Crippen molar-refractivity contribution >= 4 is 17.6 Å². The molecule has 92 valence electrons. The van der Waals surface area contributed by atoms with Crippen LogP contribution < -0.4 is 10.1 Å². The molecule has 0 fully saturated rings. The summed E-state index contributed by atoms with van der Waals surface area (Å²) < 4.78 is 5.46. The highest BCUT2D eigenvalue weighted by Gasteiger charge is 2.11. The van der Waals surface area contributed by atoms with Crippen molar-refractivity contribution in [1.29, 1.82) is 0 Å². The van der Waals surface area contributed by atoms with Gasteiger partial charge in [0.15, 0.2) is 0 Å². The second-order valence-corrected chi connectivity index (χ2v) is 3.70. The Labute approximate surface area is 99.4 Å². The molecule has 1 atom stereocenters. The average Bonchev–Trinajstić information content (AvgIpc) is 2.18. The molecule has 0 saturated heterocycles. The van der Waals surface area contributed by atoms with Gasteiger partial charge in [0, 0.05) is 6.92 Å². The summed E-state index contributed by atoms with van der Waals surface area (Å²) in [6.45, 7) is 3.07. The van der Waals surface area contributed by atoms with Crippen LogP contribution in [0.15, 0.2) is 24.3 Å². The van der Waals surface area contributed by atoms with Crippen LogP contribution in [0.1, 0.15) is 20.3 Å². The molecule has 5 heteroatoms. The molecule has 0 aromatic heterocycles. The molecule has 0 bridgehead atoms. The predicted octanol–water partition coefficient (Wildman–Crippen LogP) is 1.89. The fourth-order valence-corrected chi connectivity index (χ4v) is 1.37. The minimum Gasteiger partial charge on any atom is -0.488 e. The van der Waals surface area contributed by atoms with E-state index in [-0.39, 0.29) is 12.3 Å². The molecule has 0 aliphatic heterocycles. The van der Waals surface area contributed by atoms with E-state index >= 15 is 0 Å². The summed E-state index contributed by atoms with van der Waals surface area (Å²) >= 11 is 0. The predicted molar refractivity (Wildman–Crippen MR) is 63.1 cm³/mol. The molecule has 5 nitrogen and oxygen atoms in total. The lowest BCUT2D eigenvalue weighted by atomic mass is 10.2. The van der Waals surface area contributed by atoms with Crippen LogP contribution in [0.3, 0.4) is 0 Å². The van der Waals surface area contributed by atoms with Crippen molar-refractivity contribution in [3.63, 3.8) is 0 Å². The molecule has 2 N–H and O–H groups in total. The molecule has 0 spiro atoms. The van der Waals surface area contributed by atoms with Gasteiger partial charge in [-0.1, -0.05) is 12.1 Å². The lowest BCUT2D eigenvalue weighted by Crippen LogP contribution is -2.18. The number of nitrogens with one attached hydrogen (secondary N) is 1. The van der Waals surface area contributed by atoms with Gasteiger partial charge in [0.1, 0.15) is 11.9 Å². The fourth-order valence-electron chi connectivity index (χ4n) is 1.37. The Balaban J connectivity index is 2.75. The summed E-state index contributed by atoms with van der Waals surface area (Å²) in [5.74, 6) is -0.655. The van der Waals surface area contributed by atoms with E-state index in [4.69, 9.17) is 9.84 Å². The third-order valence-corrected chi connectivity index (χ3v) is 1.99. The first-order valence-electron chi connectivity index (χ1n) is 5.24. The highest BCUT2D eigenvalue weighted by Crippen LogP contribution is 2.25. The Morgan fingerprint density at radius 3 is 2.65 bits per heavy atom. The number of anilines is 1. The highest BCUT2D eigenvalue weighted by atomic mass is 16.5. The number of hydrogen-bond acceptors (Lipinski definition) is 3. The number of carbonyl (C=O) groups excluding carboxylic acids is 1. The Morgan fingerprint density at radius 2 is 2.06 bits per heavy atom. The van der Waals surface area contributed by atoms with Gasteiger partial charge in [-0.25, -0.2) is 0 Å². The largest absolute Gasteiger partial charge is 0.488 e. The zero-order valence-corrected chi connectivity index (χ0v) is 9.77. The van der Waals surface area contributed by atoms with Gasteiger partial charge in [0.25, 0.3) is 0 Å². The van der Waals surface area contributed by atoms with Gasteiger partial charge in [-0.05, 0) is 19.1 Å². The molecular formula is C12H15NO4. The van der Waals surface area contributed by atoms with Crippen molar-refractivity contribution in [2.75, 3.05) is 5.32 Å². The van der Waals surface area contributed by atoms with Gasteiger partial charge in [0.2, 0.25) is 5.91 Å². The number of carboxylic acids is 1. The van der Waals surface area contributed by atoms with Crippen molar-refractivity contribution in [2.45, 2.75) is 26.4 Å². The first-order valence-corrected chi connectivity index (χ1v) is 5.24. The Morgan fingerprint density at radius 1 is 1.41 bits per heavy atom. The van der Waals surface area contributed by atoms with E-state index < -0.39 is 12.1 Å². The number of hydrogen-bond donors (Lipinski definition) is 2. The molecule has 1 rings (SSSR count). The van der Waals surface area contributed by atoms with E-state index in [1.165, 1.54) is 6.92 Å². The average molecular weight is 237 g/mol. The molecule has 0 aliphatic carbocycles. The maximum Gasteiger partial charge on any atom is 0.307 e. The summed E-state index contributed by atoms with van der Waals surface area (Å²) in [7, 11) is 0. The van der Waals surface area contributed by atoms with Gasteiger partial charge < -0.3 is 15.2 Å². The second kappa shape index (κ2) is 5.89. The zero-order chi connectivity index (χ0) is 12.8. The monoisotopic (exact) mass is 237 g/mol. The molecule has 0 aliphatic rings. The Kier molecular flexibility index (Phi) is 4.51. The summed E-state index contributed by atoms with van der Waals surface area (Å²) in [6, 6.07) is 6.90. The summed E-state index contributed by atoms with van der Waals surface area (Å²) in [6.07, 6.45) is -0.545. The van der Waals surface area contributed by atoms with E-state index in [1.807, 2.05) is 0 Å². The van der Waals surface area contributed by atoms with Crippen molar-refractivity contribution in [3.05, 3.63) is 24.3 Å². The van der Waals surface area contributed by atoms with Crippen LogP contribution in [0.4, 0.5) is 5.69 Å². The maximum absolute atomic E-state index is 11.0.